The highest BCUT2D eigenvalue weighted by atomic mass is 16.5. The highest BCUT2D eigenvalue weighted by molar-refractivity contribution is 5.99. The first-order valence-corrected chi connectivity index (χ1v) is 9.12. The molecular weight excluding hydrogens is 368 g/mol. The number of hydrogen-bond donors (Lipinski definition) is 1. The van der Waals surface area contributed by atoms with Crippen molar-refractivity contribution in [1.82, 2.24) is 19.7 Å². The number of carbonyl (C=O) groups excluding carboxylic acids is 1. The van der Waals surface area contributed by atoms with Crippen LogP contribution in [-0.4, -0.2) is 27.4 Å². The van der Waals surface area contributed by atoms with Gasteiger partial charge in [-0.15, -0.1) is 0 Å². The molecule has 4 rings (SSSR count). The first-order valence-electron chi connectivity index (χ1n) is 9.12. The molecular formula is C22H20N4O3. The van der Waals surface area contributed by atoms with Crippen LogP contribution in [0, 0.1) is 0 Å². The molecule has 2 heterocycles. The van der Waals surface area contributed by atoms with E-state index in [1.807, 2.05) is 42.5 Å². The van der Waals surface area contributed by atoms with Crippen molar-refractivity contribution in [2.24, 2.45) is 7.05 Å². The van der Waals surface area contributed by atoms with Gasteiger partial charge in [-0.25, -0.2) is 0 Å². The van der Waals surface area contributed by atoms with Crippen molar-refractivity contribution in [3.8, 4) is 22.7 Å². The SMILES string of the molecule is COc1cccc(CNC(=O)c2cn(C)cc3c(=O)n(-c4ccccc4)nc2-3)c1. The zero-order valence-corrected chi connectivity index (χ0v) is 16.1. The molecule has 0 radical (unpaired) electrons. The number of nitrogens with zero attached hydrogens (tertiary/aromatic N) is 3. The van der Waals surface area contributed by atoms with Gasteiger partial charge in [0.25, 0.3) is 11.5 Å². The van der Waals surface area contributed by atoms with Crippen LogP contribution in [0.4, 0.5) is 0 Å². The zero-order valence-electron chi connectivity index (χ0n) is 16.1. The van der Waals surface area contributed by atoms with E-state index in [4.69, 9.17) is 4.74 Å². The molecule has 0 saturated heterocycles. The number of ether oxygens (including phenoxy) is 1. The number of amides is 1. The number of pyridine rings is 1. The molecule has 2 aliphatic rings. The summed E-state index contributed by atoms with van der Waals surface area (Å²) in [6, 6.07) is 16.6. The Bertz CT molecular complexity index is 1190. The molecule has 2 aromatic rings. The average molecular weight is 388 g/mol. The van der Waals surface area contributed by atoms with Gasteiger partial charge in [-0.1, -0.05) is 30.3 Å². The lowest BCUT2D eigenvalue weighted by Gasteiger charge is -2.10. The molecule has 0 unspecified atom stereocenters. The molecule has 0 aliphatic carbocycles. The number of carbonyl (C=O) groups is 1. The smallest absolute Gasteiger partial charge is 0.282 e. The predicted octanol–water partition coefficient (Wildman–Crippen LogP) is 2.61. The summed E-state index contributed by atoms with van der Waals surface area (Å²) in [6.07, 6.45) is 3.36. The van der Waals surface area contributed by atoms with Gasteiger partial charge in [0.05, 0.1) is 23.9 Å². The monoisotopic (exact) mass is 388 g/mol. The third-order valence-corrected chi connectivity index (χ3v) is 4.63. The van der Waals surface area contributed by atoms with E-state index in [1.165, 1.54) is 4.68 Å². The van der Waals surface area contributed by atoms with Gasteiger partial charge in [-0.05, 0) is 29.8 Å². The van der Waals surface area contributed by atoms with Crippen molar-refractivity contribution >= 4 is 5.91 Å². The molecule has 0 atom stereocenters. The maximum atomic E-state index is 12.9. The third kappa shape index (κ3) is 3.62. The van der Waals surface area contributed by atoms with E-state index in [0.717, 1.165) is 11.3 Å². The van der Waals surface area contributed by atoms with Crippen LogP contribution < -0.4 is 15.6 Å². The second-order valence-corrected chi connectivity index (χ2v) is 6.69. The fraction of sp³-hybridized carbons (Fsp3) is 0.136. The highest BCUT2D eigenvalue weighted by Crippen LogP contribution is 2.22. The second-order valence-electron chi connectivity index (χ2n) is 6.69. The van der Waals surface area contributed by atoms with Crippen LogP contribution in [0.2, 0.25) is 0 Å². The maximum Gasteiger partial charge on any atom is 0.282 e. The number of aromatic nitrogens is 3. The molecule has 0 bridgehead atoms. The molecule has 0 saturated carbocycles. The Labute approximate surface area is 167 Å². The number of rotatable bonds is 5. The molecule has 0 spiro atoms. The van der Waals surface area contributed by atoms with Gasteiger partial charge < -0.3 is 14.6 Å². The average Bonchev–Trinajstić information content (AvgIpc) is 3.08. The maximum absolute atomic E-state index is 12.9. The molecule has 7 nitrogen and oxygen atoms in total. The van der Waals surface area contributed by atoms with Crippen LogP contribution in [0.1, 0.15) is 15.9 Å². The molecule has 0 fully saturated rings. The third-order valence-electron chi connectivity index (χ3n) is 4.63. The lowest BCUT2D eigenvalue weighted by atomic mass is 10.1. The number of aryl methyl sites for hydroxylation is 1. The summed E-state index contributed by atoms with van der Waals surface area (Å²) in [6.45, 7) is 0.333. The zero-order chi connectivity index (χ0) is 20.4. The van der Waals surface area contributed by atoms with Crippen molar-refractivity contribution in [2.75, 3.05) is 7.11 Å². The predicted molar refractivity (Wildman–Crippen MR) is 110 cm³/mol. The molecule has 2 aliphatic heterocycles. The van der Waals surface area contributed by atoms with Crippen molar-refractivity contribution in [3.05, 3.63) is 88.5 Å². The first-order chi connectivity index (χ1) is 14.1. The van der Waals surface area contributed by atoms with Gasteiger partial charge in [0, 0.05) is 26.0 Å². The Morgan fingerprint density at radius 1 is 1.10 bits per heavy atom. The van der Waals surface area contributed by atoms with E-state index in [9.17, 15) is 9.59 Å². The number of nitrogens with one attached hydrogen (secondary N) is 1. The van der Waals surface area contributed by atoms with E-state index >= 15 is 0 Å². The summed E-state index contributed by atoms with van der Waals surface area (Å²) in [5, 5.41) is 7.33. The van der Waals surface area contributed by atoms with Crippen molar-refractivity contribution in [3.63, 3.8) is 0 Å². The lowest BCUT2D eigenvalue weighted by Crippen LogP contribution is -2.24. The summed E-state index contributed by atoms with van der Waals surface area (Å²) < 4.78 is 8.23. The van der Waals surface area contributed by atoms with Crippen LogP contribution in [0.25, 0.3) is 16.9 Å². The minimum atomic E-state index is -0.299. The van der Waals surface area contributed by atoms with Crippen molar-refractivity contribution in [2.45, 2.75) is 6.54 Å². The molecule has 29 heavy (non-hydrogen) atoms. The van der Waals surface area contributed by atoms with Gasteiger partial charge in [0.1, 0.15) is 11.4 Å². The number of para-hydroxylation sites is 1. The summed E-state index contributed by atoms with van der Waals surface area (Å²) in [5.74, 6) is 0.426. The molecule has 2 aromatic carbocycles. The van der Waals surface area contributed by atoms with Gasteiger partial charge in [-0.2, -0.15) is 9.78 Å². The van der Waals surface area contributed by atoms with Crippen LogP contribution in [0.15, 0.2) is 71.8 Å². The summed E-state index contributed by atoms with van der Waals surface area (Å²) >= 11 is 0. The molecule has 1 amide bonds. The van der Waals surface area contributed by atoms with Crippen LogP contribution in [0.3, 0.4) is 0 Å². The Kier molecular flexibility index (Phi) is 4.87. The van der Waals surface area contributed by atoms with E-state index in [1.54, 1.807) is 43.3 Å². The second kappa shape index (κ2) is 7.63. The Morgan fingerprint density at radius 2 is 1.90 bits per heavy atom. The summed E-state index contributed by atoms with van der Waals surface area (Å²) in [5.41, 5.74) is 2.42. The number of fused-ring (bicyclic) bond motifs is 1. The first kappa shape index (κ1) is 18.5. The number of hydrogen-bond acceptors (Lipinski definition) is 4. The molecule has 0 aromatic heterocycles. The molecule has 7 heteroatoms. The largest absolute Gasteiger partial charge is 0.497 e. The van der Waals surface area contributed by atoms with Crippen molar-refractivity contribution < 1.29 is 9.53 Å². The Balaban J connectivity index is 1.67. The summed E-state index contributed by atoms with van der Waals surface area (Å²) in [7, 11) is 3.37. The van der Waals surface area contributed by atoms with E-state index in [-0.39, 0.29) is 11.5 Å². The number of methoxy groups -OCH3 is 1. The standard InChI is InChI=1S/C22H20N4O3/c1-25-13-18(21(27)23-12-15-7-6-10-17(11-15)29-2)20-19(14-25)22(28)26(24-20)16-8-4-3-5-9-16/h3-11,13-14H,12H2,1-2H3,(H,23,27). The molecule has 1 N–H and O–H groups in total. The van der Waals surface area contributed by atoms with Crippen LogP contribution >= 0.6 is 0 Å². The highest BCUT2D eigenvalue weighted by Gasteiger charge is 2.23. The Hall–Kier alpha value is -3.87. The van der Waals surface area contributed by atoms with Gasteiger partial charge in [0.2, 0.25) is 0 Å². The van der Waals surface area contributed by atoms with Crippen LogP contribution in [0.5, 0.6) is 5.75 Å². The Morgan fingerprint density at radius 3 is 2.66 bits per heavy atom. The quantitative estimate of drug-likeness (QED) is 0.570. The fourth-order valence-corrected chi connectivity index (χ4v) is 3.21. The minimum absolute atomic E-state index is 0.260. The van der Waals surface area contributed by atoms with E-state index in [0.29, 0.717) is 29.1 Å². The van der Waals surface area contributed by atoms with Crippen LogP contribution in [-0.2, 0) is 13.6 Å². The summed E-state index contributed by atoms with van der Waals surface area (Å²) in [4.78, 5) is 25.7. The van der Waals surface area contributed by atoms with Crippen molar-refractivity contribution in [1.29, 1.82) is 0 Å². The minimum Gasteiger partial charge on any atom is -0.497 e. The normalized spacial score (nSPS) is 10.8. The lowest BCUT2D eigenvalue weighted by molar-refractivity contribution is 0.0950. The van der Waals surface area contributed by atoms with Gasteiger partial charge in [-0.3, -0.25) is 9.59 Å². The topological polar surface area (TPSA) is 78.1 Å². The van der Waals surface area contributed by atoms with Gasteiger partial charge in [0.15, 0.2) is 0 Å². The fourth-order valence-electron chi connectivity index (χ4n) is 3.21. The van der Waals surface area contributed by atoms with E-state index in [2.05, 4.69) is 10.4 Å². The van der Waals surface area contributed by atoms with Gasteiger partial charge >= 0.3 is 0 Å². The molecule has 146 valence electrons. The van der Waals surface area contributed by atoms with E-state index < -0.39 is 0 Å². The number of benzene rings is 2.